The van der Waals surface area contributed by atoms with E-state index in [9.17, 15) is 4.79 Å². The van der Waals surface area contributed by atoms with Crippen LogP contribution < -0.4 is 5.32 Å². The quantitative estimate of drug-likeness (QED) is 0.843. The van der Waals surface area contributed by atoms with Crippen LogP contribution in [-0.2, 0) is 0 Å². The second-order valence-corrected chi connectivity index (χ2v) is 4.60. The molecule has 86 valence electrons. The number of pyridine rings is 1. The van der Waals surface area contributed by atoms with Crippen LogP contribution in [0.5, 0.6) is 0 Å². The Kier molecular flexibility index (Phi) is 3.58. The summed E-state index contributed by atoms with van der Waals surface area (Å²) in [6.07, 6.45) is 2.96. The predicted molar refractivity (Wildman–Crippen MR) is 73.6 cm³/mol. The van der Waals surface area contributed by atoms with E-state index in [4.69, 9.17) is 5.11 Å². The Bertz CT molecular complexity index is 540. The van der Waals surface area contributed by atoms with Crippen LogP contribution in [0, 0.1) is 3.57 Å². The van der Waals surface area contributed by atoms with Gasteiger partial charge in [0.1, 0.15) is 0 Å². The summed E-state index contributed by atoms with van der Waals surface area (Å²) in [6, 6.07) is 9.14. The Balaban J connectivity index is 2.30. The summed E-state index contributed by atoms with van der Waals surface area (Å²) in [5, 5.41) is 12.1. The molecule has 0 saturated carbocycles. The number of nitrogens with one attached hydrogen (secondary N) is 1. The lowest BCUT2D eigenvalue weighted by Gasteiger charge is -2.08. The Morgan fingerprint density at radius 2 is 1.94 bits per heavy atom. The third kappa shape index (κ3) is 2.94. The molecule has 0 radical (unpaired) electrons. The molecule has 0 atom stereocenters. The summed E-state index contributed by atoms with van der Waals surface area (Å²) in [4.78, 5) is 14.9. The summed E-state index contributed by atoms with van der Waals surface area (Å²) in [5.74, 6) is -0.972. The Labute approximate surface area is 112 Å². The fourth-order valence-corrected chi connectivity index (χ4v) is 1.73. The molecule has 0 spiro atoms. The summed E-state index contributed by atoms with van der Waals surface area (Å²) < 4.78 is 1.12. The molecule has 1 aromatic heterocycles. The normalized spacial score (nSPS) is 9.94. The molecule has 0 saturated heterocycles. The van der Waals surface area contributed by atoms with Crippen LogP contribution in [0.4, 0.5) is 11.4 Å². The van der Waals surface area contributed by atoms with Gasteiger partial charge in [-0.1, -0.05) is 0 Å². The summed E-state index contributed by atoms with van der Waals surface area (Å²) in [7, 11) is 0. The maximum atomic E-state index is 11.0. The molecule has 4 nitrogen and oxygen atoms in total. The van der Waals surface area contributed by atoms with E-state index in [2.05, 4.69) is 32.9 Å². The van der Waals surface area contributed by atoms with Gasteiger partial charge in [0.2, 0.25) is 0 Å². The van der Waals surface area contributed by atoms with Crippen molar-refractivity contribution in [1.29, 1.82) is 0 Å². The molecule has 2 aromatic rings. The second-order valence-electron chi connectivity index (χ2n) is 3.36. The van der Waals surface area contributed by atoms with Gasteiger partial charge in [0.25, 0.3) is 0 Å². The van der Waals surface area contributed by atoms with E-state index in [1.807, 2.05) is 24.3 Å². The molecule has 0 aliphatic heterocycles. The molecular formula is C12H9IN2O2. The van der Waals surface area contributed by atoms with Gasteiger partial charge < -0.3 is 10.4 Å². The molecule has 2 N–H and O–H groups in total. The number of hydrogen-bond donors (Lipinski definition) is 2. The van der Waals surface area contributed by atoms with E-state index in [1.54, 1.807) is 0 Å². The van der Waals surface area contributed by atoms with E-state index in [0.717, 1.165) is 9.26 Å². The number of benzene rings is 1. The lowest BCUT2D eigenvalue weighted by atomic mass is 10.2. The van der Waals surface area contributed by atoms with Gasteiger partial charge in [-0.15, -0.1) is 0 Å². The first-order valence-corrected chi connectivity index (χ1v) is 5.94. The van der Waals surface area contributed by atoms with Crippen molar-refractivity contribution >= 4 is 39.9 Å². The van der Waals surface area contributed by atoms with Crippen LogP contribution in [0.25, 0.3) is 0 Å². The van der Waals surface area contributed by atoms with Crippen molar-refractivity contribution in [2.75, 3.05) is 5.32 Å². The van der Waals surface area contributed by atoms with Gasteiger partial charge >= 0.3 is 5.97 Å². The summed E-state index contributed by atoms with van der Waals surface area (Å²) in [5.41, 5.74) is 1.53. The number of carbonyl (C=O) groups is 1. The van der Waals surface area contributed by atoms with Crippen molar-refractivity contribution in [3.8, 4) is 0 Å². The Morgan fingerprint density at radius 3 is 2.59 bits per heavy atom. The molecule has 5 heteroatoms. The van der Waals surface area contributed by atoms with Crippen molar-refractivity contribution in [3.63, 3.8) is 0 Å². The van der Waals surface area contributed by atoms with Gasteiger partial charge in [0, 0.05) is 15.5 Å². The molecule has 0 bridgehead atoms. The highest BCUT2D eigenvalue weighted by Crippen LogP contribution is 2.20. The highest BCUT2D eigenvalue weighted by molar-refractivity contribution is 14.1. The molecule has 0 unspecified atom stereocenters. The minimum Gasteiger partial charge on any atom is -0.478 e. The third-order valence-electron chi connectivity index (χ3n) is 2.17. The number of halogens is 1. The summed E-state index contributed by atoms with van der Waals surface area (Å²) >= 11 is 2.21. The SMILES string of the molecule is O=C(O)c1ccncc1Nc1ccc(I)cc1. The highest BCUT2D eigenvalue weighted by atomic mass is 127. The standard InChI is InChI=1S/C12H9IN2O2/c13-8-1-3-9(4-2-8)15-11-7-14-6-5-10(11)12(16)17/h1-7,15H,(H,16,17). The predicted octanol–water partition coefficient (Wildman–Crippen LogP) is 3.13. The van der Waals surface area contributed by atoms with Gasteiger partial charge in [0.15, 0.2) is 0 Å². The van der Waals surface area contributed by atoms with E-state index < -0.39 is 5.97 Å². The van der Waals surface area contributed by atoms with Crippen LogP contribution in [0.2, 0.25) is 0 Å². The van der Waals surface area contributed by atoms with Crippen molar-refractivity contribution in [1.82, 2.24) is 4.98 Å². The average molecular weight is 340 g/mol. The molecule has 17 heavy (non-hydrogen) atoms. The number of carboxylic acid groups (broad SMARTS) is 1. The van der Waals surface area contributed by atoms with E-state index in [-0.39, 0.29) is 5.56 Å². The topological polar surface area (TPSA) is 62.2 Å². The number of aromatic carboxylic acids is 1. The zero-order valence-corrected chi connectivity index (χ0v) is 10.9. The van der Waals surface area contributed by atoms with Gasteiger partial charge in [-0.2, -0.15) is 0 Å². The third-order valence-corrected chi connectivity index (χ3v) is 2.89. The number of hydrogen-bond acceptors (Lipinski definition) is 3. The first-order valence-electron chi connectivity index (χ1n) is 4.87. The van der Waals surface area contributed by atoms with Crippen LogP contribution in [0.3, 0.4) is 0 Å². The number of aromatic nitrogens is 1. The monoisotopic (exact) mass is 340 g/mol. The van der Waals surface area contributed by atoms with Crippen LogP contribution in [-0.4, -0.2) is 16.1 Å². The molecule has 0 amide bonds. The first-order chi connectivity index (χ1) is 8.16. The van der Waals surface area contributed by atoms with E-state index >= 15 is 0 Å². The summed E-state index contributed by atoms with van der Waals surface area (Å²) in [6.45, 7) is 0. The van der Waals surface area contributed by atoms with E-state index in [0.29, 0.717) is 5.69 Å². The minimum absolute atomic E-state index is 0.207. The van der Waals surface area contributed by atoms with Gasteiger partial charge in [0.05, 0.1) is 17.4 Å². The first kappa shape index (κ1) is 11.8. The minimum atomic E-state index is -0.972. The lowest BCUT2D eigenvalue weighted by molar-refractivity contribution is 0.0698. The second kappa shape index (κ2) is 5.13. The van der Waals surface area contributed by atoms with Crippen LogP contribution >= 0.6 is 22.6 Å². The van der Waals surface area contributed by atoms with Crippen molar-refractivity contribution in [2.45, 2.75) is 0 Å². The molecule has 1 aromatic carbocycles. The largest absolute Gasteiger partial charge is 0.478 e. The molecule has 2 rings (SSSR count). The number of carboxylic acids is 1. The fourth-order valence-electron chi connectivity index (χ4n) is 1.37. The maximum absolute atomic E-state index is 11.0. The van der Waals surface area contributed by atoms with Crippen molar-refractivity contribution in [2.24, 2.45) is 0 Å². The van der Waals surface area contributed by atoms with Gasteiger partial charge in [-0.05, 0) is 52.9 Å². The number of nitrogens with zero attached hydrogens (tertiary/aromatic N) is 1. The molecule has 0 aliphatic rings. The maximum Gasteiger partial charge on any atom is 0.337 e. The fraction of sp³-hybridized carbons (Fsp3) is 0. The number of anilines is 2. The van der Waals surface area contributed by atoms with Crippen molar-refractivity contribution < 1.29 is 9.90 Å². The zero-order valence-electron chi connectivity index (χ0n) is 8.72. The van der Waals surface area contributed by atoms with E-state index in [1.165, 1.54) is 18.5 Å². The molecular weight excluding hydrogens is 331 g/mol. The molecule has 1 heterocycles. The average Bonchev–Trinajstić information content (AvgIpc) is 2.32. The highest BCUT2D eigenvalue weighted by Gasteiger charge is 2.09. The Morgan fingerprint density at radius 1 is 1.24 bits per heavy atom. The lowest BCUT2D eigenvalue weighted by Crippen LogP contribution is -2.03. The smallest absolute Gasteiger partial charge is 0.337 e. The molecule has 0 fully saturated rings. The van der Waals surface area contributed by atoms with Gasteiger partial charge in [-0.25, -0.2) is 4.79 Å². The zero-order chi connectivity index (χ0) is 12.3. The van der Waals surface area contributed by atoms with Crippen molar-refractivity contribution in [3.05, 3.63) is 51.9 Å². The van der Waals surface area contributed by atoms with Gasteiger partial charge in [-0.3, -0.25) is 4.98 Å². The van der Waals surface area contributed by atoms with Crippen LogP contribution in [0.1, 0.15) is 10.4 Å². The number of rotatable bonds is 3. The molecule has 0 aliphatic carbocycles. The Hall–Kier alpha value is -1.63. The van der Waals surface area contributed by atoms with Crippen LogP contribution in [0.15, 0.2) is 42.7 Å².